The number of carbonyl (C=O) groups is 1. The highest BCUT2D eigenvalue weighted by Crippen LogP contribution is 2.48. The second-order valence-corrected chi connectivity index (χ2v) is 4.86. The Bertz CT molecular complexity index is 404. The summed E-state index contributed by atoms with van der Waals surface area (Å²) in [6.07, 6.45) is 2.21. The molecule has 0 radical (unpaired) electrons. The van der Waals surface area contributed by atoms with Gasteiger partial charge in [-0.3, -0.25) is 0 Å². The maximum Gasteiger partial charge on any atom is 0.346 e. The van der Waals surface area contributed by atoms with Crippen molar-refractivity contribution in [2.24, 2.45) is 11.1 Å². The van der Waals surface area contributed by atoms with Crippen molar-refractivity contribution in [3.8, 4) is 0 Å². The Balaban J connectivity index is 2.08. The van der Waals surface area contributed by atoms with Gasteiger partial charge in [-0.15, -0.1) is 0 Å². The summed E-state index contributed by atoms with van der Waals surface area (Å²) in [5.41, 5.74) is 0.398. The van der Waals surface area contributed by atoms with E-state index in [1.165, 1.54) is 7.11 Å². The van der Waals surface area contributed by atoms with E-state index in [1.807, 2.05) is 6.92 Å². The quantitative estimate of drug-likeness (QED) is 0.568. The Morgan fingerprint density at radius 1 is 1.67 bits per heavy atom. The fraction of sp³-hybridized carbons (Fsp3) is 0.692. The molecule has 1 heterocycles. The molecule has 0 amide bonds. The van der Waals surface area contributed by atoms with Crippen molar-refractivity contribution in [3.05, 3.63) is 12.3 Å². The summed E-state index contributed by atoms with van der Waals surface area (Å²) in [5.74, 6) is 0.274. The van der Waals surface area contributed by atoms with Gasteiger partial charge in [0.05, 0.1) is 18.7 Å². The Morgan fingerprint density at radius 2 is 2.39 bits per heavy atom. The van der Waals surface area contributed by atoms with Gasteiger partial charge in [0.25, 0.3) is 0 Å². The van der Waals surface area contributed by atoms with Crippen LogP contribution in [0.25, 0.3) is 0 Å². The summed E-state index contributed by atoms with van der Waals surface area (Å²) in [5, 5.41) is 4.05. The van der Waals surface area contributed by atoms with Crippen molar-refractivity contribution in [3.63, 3.8) is 0 Å². The van der Waals surface area contributed by atoms with E-state index in [2.05, 4.69) is 16.5 Å². The van der Waals surface area contributed by atoms with Crippen LogP contribution in [-0.4, -0.2) is 30.5 Å². The standard InChI is InChI=1S/C13H19NO4/c1-8-11-6-5-7-13(11,18-14-8)10(3)17-9(2)12(15)16-4/h9,11H,3,5-7H2,1-2,4H3. The number of carbonyl (C=O) groups excluding carboxylic acids is 1. The molecule has 0 bridgehead atoms. The normalized spacial score (nSPS) is 31.1. The van der Waals surface area contributed by atoms with Gasteiger partial charge in [-0.1, -0.05) is 11.7 Å². The molecule has 1 fully saturated rings. The molecular weight excluding hydrogens is 234 g/mol. The molecule has 3 atom stereocenters. The number of methoxy groups -OCH3 is 1. The molecule has 0 saturated heterocycles. The van der Waals surface area contributed by atoms with Crippen molar-refractivity contribution in [2.75, 3.05) is 7.11 Å². The number of hydrogen-bond acceptors (Lipinski definition) is 5. The van der Waals surface area contributed by atoms with Gasteiger partial charge in [0.1, 0.15) is 5.76 Å². The van der Waals surface area contributed by atoms with Crippen molar-refractivity contribution < 1.29 is 19.1 Å². The lowest BCUT2D eigenvalue weighted by Crippen LogP contribution is -2.38. The summed E-state index contributed by atoms with van der Waals surface area (Å²) >= 11 is 0. The lowest BCUT2D eigenvalue weighted by Gasteiger charge is -2.30. The smallest absolute Gasteiger partial charge is 0.346 e. The zero-order valence-electron chi connectivity index (χ0n) is 11.1. The van der Waals surface area contributed by atoms with Crippen LogP contribution in [0, 0.1) is 5.92 Å². The zero-order valence-corrected chi connectivity index (χ0v) is 11.1. The number of fused-ring (bicyclic) bond motifs is 1. The first-order valence-electron chi connectivity index (χ1n) is 6.18. The topological polar surface area (TPSA) is 57.1 Å². The number of esters is 1. The van der Waals surface area contributed by atoms with Crippen LogP contribution in [-0.2, 0) is 19.1 Å². The molecule has 1 aliphatic carbocycles. The number of hydrogen-bond donors (Lipinski definition) is 0. The average Bonchev–Trinajstić information content (AvgIpc) is 2.90. The molecule has 2 rings (SSSR count). The molecular formula is C13H19NO4. The van der Waals surface area contributed by atoms with Gasteiger partial charge in [-0.2, -0.15) is 0 Å². The molecule has 0 aromatic heterocycles. The molecule has 5 nitrogen and oxygen atoms in total. The molecule has 1 aliphatic heterocycles. The summed E-state index contributed by atoms with van der Waals surface area (Å²) in [4.78, 5) is 16.9. The summed E-state index contributed by atoms with van der Waals surface area (Å²) < 4.78 is 10.2. The van der Waals surface area contributed by atoms with Gasteiger partial charge in [-0.05, 0) is 33.1 Å². The fourth-order valence-electron chi connectivity index (χ4n) is 2.76. The van der Waals surface area contributed by atoms with Gasteiger partial charge in [0.15, 0.2) is 6.10 Å². The second-order valence-electron chi connectivity index (χ2n) is 4.86. The van der Waals surface area contributed by atoms with E-state index in [0.29, 0.717) is 5.76 Å². The maximum atomic E-state index is 11.4. The molecule has 0 aromatic carbocycles. The van der Waals surface area contributed by atoms with E-state index in [-0.39, 0.29) is 5.92 Å². The molecule has 0 spiro atoms. The summed E-state index contributed by atoms with van der Waals surface area (Å²) in [6, 6.07) is 0. The number of oxime groups is 1. The van der Waals surface area contributed by atoms with Gasteiger partial charge < -0.3 is 14.3 Å². The third-order valence-electron chi connectivity index (χ3n) is 3.78. The molecule has 1 saturated carbocycles. The fourth-order valence-corrected chi connectivity index (χ4v) is 2.76. The molecule has 18 heavy (non-hydrogen) atoms. The first-order chi connectivity index (χ1) is 8.51. The lowest BCUT2D eigenvalue weighted by molar-refractivity contribution is -0.153. The molecule has 3 unspecified atom stereocenters. The van der Waals surface area contributed by atoms with Crippen molar-refractivity contribution in [1.82, 2.24) is 0 Å². The van der Waals surface area contributed by atoms with Crippen LogP contribution in [0.15, 0.2) is 17.5 Å². The Hall–Kier alpha value is -1.52. The number of ether oxygens (including phenoxy) is 2. The molecule has 5 heteroatoms. The highest BCUT2D eigenvalue weighted by Gasteiger charge is 2.54. The van der Waals surface area contributed by atoms with Crippen LogP contribution >= 0.6 is 0 Å². The number of rotatable bonds is 4. The monoisotopic (exact) mass is 253 g/mol. The molecule has 0 N–H and O–H groups in total. The van der Waals surface area contributed by atoms with E-state index in [9.17, 15) is 4.79 Å². The van der Waals surface area contributed by atoms with Crippen LogP contribution in [0.2, 0.25) is 0 Å². The Labute approximate surface area is 107 Å². The minimum Gasteiger partial charge on any atom is -0.480 e. The third kappa shape index (κ3) is 1.87. The SMILES string of the molecule is C=C(OC(C)C(=O)OC)C12CCCC1C(C)=NO2. The average molecular weight is 253 g/mol. The van der Waals surface area contributed by atoms with Crippen molar-refractivity contribution in [1.29, 1.82) is 0 Å². The summed E-state index contributed by atoms with van der Waals surface area (Å²) in [6.45, 7) is 7.53. The highest BCUT2D eigenvalue weighted by molar-refractivity contribution is 5.87. The van der Waals surface area contributed by atoms with Gasteiger partial charge in [-0.25, -0.2) is 4.79 Å². The van der Waals surface area contributed by atoms with Crippen molar-refractivity contribution in [2.45, 2.75) is 44.8 Å². The Morgan fingerprint density at radius 3 is 3.06 bits per heavy atom. The Kier molecular flexibility index (Phi) is 3.32. The van der Waals surface area contributed by atoms with E-state index in [0.717, 1.165) is 25.0 Å². The van der Waals surface area contributed by atoms with Crippen LogP contribution in [0.5, 0.6) is 0 Å². The summed E-state index contributed by atoms with van der Waals surface area (Å²) in [7, 11) is 1.33. The number of nitrogens with zero attached hydrogens (tertiary/aromatic N) is 1. The minimum absolute atomic E-state index is 0.217. The largest absolute Gasteiger partial charge is 0.480 e. The van der Waals surface area contributed by atoms with E-state index in [4.69, 9.17) is 9.57 Å². The van der Waals surface area contributed by atoms with E-state index >= 15 is 0 Å². The molecule has 100 valence electrons. The van der Waals surface area contributed by atoms with Gasteiger partial charge in [0.2, 0.25) is 5.60 Å². The highest BCUT2D eigenvalue weighted by atomic mass is 16.7. The van der Waals surface area contributed by atoms with E-state index < -0.39 is 17.7 Å². The zero-order chi connectivity index (χ0) is 13.3. The lowest BCUT2D eigenvalue weighted by atomic mass is 9.87. The van der Waals surface area contributed by atoms with Gasteiger partial charge in [0, 0.05) is 0 Å². The predicted octanol–water partition coefficient (Wildman–Crippen LogP) is 2.02. The first kappa shape index (κ1) is 12.9. The predicted molar refractivity (Wildman–Crippen MR) is 66.0 cm³/mol. The second kappa shape index (κ2) is 4.63. The minimum atomic E-state index is -0.678. The van der Waals surface area contributed by atoms with Gasteiger partial charge >= 0.3 is 5.97 Å². The first-order valence-corrected chi connectivity index (χ1v) is 6.18. The molecule has 2 aliphatic rings. The maximum absolute atomic E-state index is 11.4. The third-order valence-corrected chi connectivity index (χ3v) is 3.78. The van der Waals surface area contributed by atoms with Crippen LogP contribution in [0.4, 0.5) is 0 Å². The van der Waals surface area contributed by atoms with E-state index in [1.54, 1.807) is 6.92 Å². The van der Waals surface area contributed by atoms with Crippen LogP contribution < -0.4 is 0 Å². The van der Waals surface area contributed by atoms with Crippen LogP contribution in [0.3, 0.4) is 0 Å². The van der Waals surface area contributed by atoms with Crippen LogP contribution in [0.1, 0.15) is 33.1 Å². The van der Waals surface area contributed by atoms with Crippen molar-refractivity contribution >= 4 is 11.7 Å². The molecule has 0 aromatic rings.